The average Bonchev–Trinajstić information content (AvgIpc) is 3.37. The first-order valence-electron chi connectivity index (χ1n) is 10.5. The van der Waals surface area contributed by atoms with E-state index in [0.717, 1.165) is 26.5 Å². The summed E-state index contributed by atoms with van der Waals surface area (Å²) in [6.07, 6.45) is 0. The van der Waals surface area contributed by atoms with Gasteiger partial charge >= 0.3 is 0 Å². The SMILES string of the molecule is Cc1ccc2nc(-c3ccc(N4C(=NC(=O)C(C)C)S[C@H]5CS(=O)(=O)C[C@H]54)cc3)sc2c1. The minimum absolute atomic E-state index is 0.0819. The summed E-state index contributed by atoms with van der Waals surface area (Å²) in [7, 11) is -3.09. The summed E-state index contributed by atoms with van der Waals surface area (Å²) in [6, 6.07) is 14.0. The first-order valence-corrected chi connectivity index (χ1v) is 14.0. The van der Waals surface area contributed by atoms with E-state index in [0.29, 0.717) is 5.17 Å². The van der Waals surface area contributed by atoms with Crippen molar-refractivity contribution in [2.75, 3.05) is 16.4 Å². The van der Waals surface area contributed by atoms with Crippen molar-refractivity contribution in [2.45, 2.75) is 32.1 Å². The molecular weight excluding hydrogens is 462 g/mol. The van der Waals surface area contributed by atoms with Gasteiger partial charge in [-0.3, -0.25) is 4.79 Å². The lowest BCUT2D eigenvalue weighted by Gasteiger charge is -2.24. The molecule has 2 aliphatic heterocycles. The first kappa shape index (κ1) is 21.6. The van der Waals surface area contributed by atoms with Crippen LogP contribution in [0, 0.1) is 12.8 Å². The fourth-order valence-corrected chi connectivity index (χ4v) is 9.00. The van der Waals surface area contributed by atoms with E-state index in [1.807, 2.05) is 49.1 Å². The molecule has 1 aromatic heterocycles. The van der Waals surface area contributed by atoms with Crippen LogP contribution < -0.4 is 4.90 Å². The maximum atomic E-state index is 12.3. The fourth-order valence-electron chi connectivity index (χ4n) is 4.01. The molecule has 2 aliphatic rings. The molecule has 0 radical (unpaired) electrons. The van der Waals surface area contributed by atoms with Crippen LogP contribution in [0.1, 0.15) is 19.4 Å². The van der Waals surface area contributed by atoms with Crippen molar-refractivity contribution in [3.63, 3.8) is 0 Å². The van der Waals surface area contributed by atoms with Gasteiger partial charge in [0.25, 0.3) is 5.91 Å². The maximum Gasteiger partial charge on any atom is 0.250 e. The van der Waals surface area contributed by atoms with Crippen LogP contribution >= 0.6 is 23.1 Å². The molecule has 2 aromatic carbocycles. The third-order valence-corrected chi connectivity index (χ3v) is 9.98. The van der Waals surface area contributed by atoms with Crippen LogP contribution in [0.5, 0.6) is 0 Å². The summed E-state index contributed by atoms with van der Waals surface area (Å²) in [5, 5.41) is 1.43. The van der Waals surface area contributed by atoms with Crippen molar-refractivity contribution < 1.29 is 13.2 Å². The van der Waals surface area contributed by atoms with Gasteiger partial charge in [0.1, 0.15) is 5.01 Å². The number of amidine groups is 1. The normalized spacial score (nSPS) is 23.4. The van der Waals surface area contributed by atoms with Gasteiger partial charge in [-0.2, -0.15) is 4.99 Å². The molecule has 0 saturated carbocycles. The van der Waals surface area contributed by atoms with Gasteiger partial charge in [0, 0.05) is 22.4 Å². The Hall–Kier alpha value is -2.23. The van der Waals surface area contributed by atoms with E-state index < -0.39 is 9.84 Å². The molecule has 3 aromatic rings. The van der Waals surface area contributed by atoms with Gasteiger partial charge in [0.2, 0.25) is 0 Å². The fraction of sp³-hybridized carbons (Fsp3) is 0.348. The van der Waals surface area contributed by atoms with Crippen molar-refractivity contribution in [1.82, 2.24) is 4.98 Å². The Morgan fingerprint density at radius 1 is 1.16 bits per heavy atom. The molecule has 0 spiro atoms. The number of amides is 1. The van der Waals surface area contributed by atoms with E-state index in [1.54, 1.807) is 11.3 Å². The van der Waals surface area contributed by atoms with Gasteiger partial charge in [0.05, 0.1) is 27.8 Å². The summed E-state index contributed by atoms with van der Waals surface area (Å²) in [4.78, 5) is 23.3. The molecule has 2 saturated heterocycles. The average molecular weight is 486 g/mol. The number of carbonyl (C=O) groups excluding carboxylic acids is 1. The molecule has 2 fully saturated rings. The molecule has 0 bridgehead atoms. The van der Waals surface area contributed by atoms with E-state index in [-0.39, 0.29) is 34.6 Å². The van der Waals surface area contributed by atoms with Crippen LogP contribution in [-0.4, -0.2) is 47.3 Å². The van der Waals surface area contributed by atoms with Crippen LogP contribution in [0.15, 0.2) is 47.5 Å². The van der Waals surface area contributed by atoms with Crippen molar-refractivity contribution in [2.24, 2.45) is 10.9 Å². The second-order valence-electron chi connectivity index (χ2n) is 8.59. The number of anilines is 1. The minimum atomic E-state index is -3.09. The Bertz CT molecular complexity index is 1340. The lowest BCUT2D eigenvalue weighted by molar-refractivity contribution is -0.120. The molecule has 0 N–H and O–H groups in total. The highest BCUT2D eigenvalue weighted by molar-refractivity contribution is 8.16. The van der Waals surface area contributed by atoms with Crippen LogP contribution in [0.25, 0.3) is 20.8 Å². The molecule has 32 heavy (non-hydrogen) atoms. The second kappa shape index (κ2) is 7.97. The number of sulfone groups is 1. The molecule has 9 heteroatoms. The number of aryl methyl sites for hydroxylation is 1. The zero-order chi connectivity index (χ0) is 22.6. The van der Waals surface area contributed by atoms with Gasteiger partial charge in [0.15, 0.2) is 15.0 Å². The predicted molar refractivity (Wildman–Crippen MR) is 133 cm³/mol. The first-order chi connectivity index (χ1) is 15.2. The number of aliphatic imine (C=N–C) groups is 1. The highest BCUT2D eigenvalue weighted by atomic mass is 32.2. The van der Waals surface area contributed by atoms with Gasteiger partial charge < -0.3 is 4.90 Å². The molecule has 2 atom stereocenters. The summed E-state index contributed by atoms with van der Waals surface area (Å²) in [5.41, 5.74) is 4.04. The van der Waals surface area contributed by atoms with Gasteiger partial charge in [-0.1, -0.05) is 31.7 Å². The monoisotopic (exact) mass is 485 g/mol. The Labute approximate surface area is 195 Å². The molecule has 0 aliphatic carbocycles. The summed E-state index contributed by atoms with van der Waals surface area (Å²) in [5.74, 6) is -0.198. The van der Waals surface area contributed by atoms with E-state index in [9.17, 15) is 13.2 Å². The Kier molecular flexibility index (Phi) is 5.38. The summed E-state index contributed by atoms with van der Waals surface area (Å²) >= 11 is 3.06. The van der Waals surface area contributed by atoms with E-state index in [2.05, 4.69) is 24.0 Å². The molecule has 6 nitrogen and oxygen atoms in total. The highest BCUT2D eigenvalue weighted by Gasteiger charge is 2.49. The zero-order valence-electron chi connectivity index (χ0n) is 18.0. The number of carbonyl (C=O) groups is 1. The molecule has 3 heterocycles. The van der Waals surface area contributed by atoms with E-state index >= 15 is 0 Å². The third kappa shape index (κ3) is 3.97. The number of rotatable bonds is 3. The summed E-state index contributed by atoms with van der Waals surface area (Å²) < 4.78 is 25.7. The second-order valence-corrected chi connectivity index (χ2v) is 13.0. The van der Waals surface area contributed by atoms with Crippen LogP contribution in [-0.2, 0) is 14.6 Å². The third-order valence-electron chi connectivity index (χ3n) is 5.70. The van der Waals surface area contributed by atoms with Crippen molar-refractivity contribution >= 4 is 59.9 Å². The number of fused-ring (bicyclic) bond motifs is 2. The highest BCUT2D eigenvalue weighted by Crippen LogP contribution is 2.41. The zero-order valence-corrected chi connectivity index (χ0v) is 20.4. The number of thioether (sulfide) groups is 1. The van der Waals surface area contributed by atoms with E-state index in [1.165, 1.54) is 17.3 Å². The predicted octanol–water partition coefficient (Wildman–Crippen LogP) is 4.53. The van der Waals surface area contributed by atoms with E-state index in [4.69, 9.17) is 4.98 Å². The smallest absolute Gasteiger partial charge is 0.250 e. The van der Waals surface area contributed by atoms with Crippen LogP contribution in [0.2, 0.25) is 0 Å². The number of hydrogen-bond donors (Lipinski definition) is 0. The van der Waals surface area contributed by atoms with Gasteiger partial charge in [-0.25, -0.2) is 13.4 Å². The minimum Gasteiger partial charge on any atom is -0.316 e. The van der Waals surface area contributed by atoms with Gasteiger partial charge in [-0.15, -0.1) is 11.3 Å². The molecular formula is C23H23N3O3S3. The number of hydrogen-bond acceptors (Lipinski definition) is 6. The lowest BCUT2D eigenvalue weighted by atomic mass is 10.1. The molecule has 166 valence electrons. The Morgan fingerprint density at radius 3 is 2.62 bits per heavy atom. The standard InChI is InChI=1S/C23H23N3O3S3/c1-13(2)21(27)25-23-26(18-11-32(28,29)12-20(18)31-23)16-7-5-15(6-8-16)22-24-17-9-4-14(3)10-19(17)30-22/h4-10,13,18,20H,11-12H2,1-3H3/t18-,20+/m1/s1. The quantitative estimate of drug-likeness (QED) is 0.542. The maximum absolute atomic E-state index is 12.3. The summed E-state index contributed by atoms with van der Waals surface area (Å²) in [6.45, 7) is 5.70. The van der Waals surface area contributed by atoms with Crippen molar-refractivity contribution in [1.29, 1.82) is 0 Å². The molecule has 5 rings (SSSR count). The topological polar surface area (TPSA) is 79.7 Å². The van der Waals surface area contributed by atoms with Crippen molar-refractivity contribution in [3.05, 3.63) is 48.0 Å². The number of benzene rings is 2. The van der Waals surface area contributed by atoms with Crippen LogP contribution in [0.4, 0.5) is 5.69 Å². The number of nitrogens with zero attached hydrogens (tertiary/aromatic N) is 3. The Balaban J connectivity index is 1.50. The molecule has 1 amide bonds. The number of aromatic nitrogens is 1. The van der Waals surface area contributed by atoms with Gasteiger partial charge in [-0.05, 0) is 48.9 Å². The van der Waals surface area contributed by atoms with Crippen LogP contribution in [0.3, 0.4) is 0 Å². The molecule has 0 unspecified atom stereocenters. The lowest BCUT2D eigenvalue weighted by Crippen LogP contribution is -2.37. The Morgan fingerprint density at radius 2 is 1.91 bits per heavy atom. The van der Waals surface area contributed by atoms with Crippen molar-refractivity contribution in [3.8, 4) is 10.6 Å². The largest absolute Gasteiger partial charge is 0.316 e. The number of thiazole rings is 1.